The summed E-state index contributed by atoms with van der Waals surface area (Å²) in [5, 5.41) is 5.90. The lowest BCUT2D eigenvalue weighted by Crippen LogP contribution is -2.49. The standard InChI is InChI=1S/C25H22ClF3N4O2/c26-19-7-2-8-20(14-19)30-23(34)31-21-9-3-10-22(15-21)33-12-4-11-32(24(33)35)16-17-5-1-6-18(13-17)25(27,28)29/h1-3,5-10,13-15H,4,11-12,16H2,(H2,30,31,34). The van der Waals surface area contributed by atoms with Gasteiger partial charge in [-0.15, -0.1) is 0 Å². The minimum absolute atomic E-state index is 0.0687. The normalized spacial score (nSPS) is 14.1. The number of carbonyl (C=O) groups excluding carboxylic acids is 2. The fourth-order valence-corrected chi connectivity index (χ4v) is 4.04. The van der Waals surface area contributed by atoms with Crippen molar-refractivity contribution >= 4 is 40.7 Å². The first-order valence-corrected chi connectivity index (χ1v) is 11.2. The predicted molar refractivity (Wildman–Crippen MR) is 130 cm³/mol. The highest BCUT2D eigenvalue weighted by Gasteiger charge is 2.31. The van der Waals surface area contributed by atoms with E-state index < -0.39 is 17.8 Å². The maximum Gasteiger partial charge on any atom is 0.416 e. The van der Waals surface area contributed by atoms with Crippen LogP contribution in [-0.4, -0.2) is 30.1 Å². The maximum absolute atomic E-state index is 13.1. The molecule has 1 aliphatic heterocycles. The van der Waals surface area contributed by atoms with Crippen molar-refractivity contribution in [3.8, 4) is 0 Å². The lowest BCUT2D eigenvalue weighted by atomic mass is 10.1. The second-order valence-electron chi connectivity index (χ2n) is 8.05. The minimum Gasteiger partial charge on any atom is -0.320 e. The third-order valence-electron chi connectivity index (χ3n) is 5.44. The largest absolute Gasteiger partial charge is 0.416 e. The van der Waals surface area contributed by atoms with Crippen LogP contribution in [0, 0.1) is 0 Å². The second-order valence-corrected chi connectivity index (χ2v) is 8.48. The Morgan fingerprint density at radius 1 is 0.914 bits per heavy atom. The van der Waals surface area contributed by atoms with E-state index in [-0.39, 0.29) is 12.6 Å². The number of carbonyl (C=O) groups is 2. The number of halogens is 4. The third-order valence-corrected chi connectivity index (χ3v) is 5.67. The molecule has 0 aliphatic carbocycles. The van der Waals surface area contributed by atoms with E-state index >= 15 is 0 Å². The summed E-state index contributed by atoms with van der Waals surface area (Å²) in [6, 6.07) is 17.7. The van der Waals surface area contributed by atoms with Gasteiger partial charge in [0.15, 0.2) is 0 Å². The van der Waals surface area contributed by atoms with Crippen LogP contribution in [0.2, 0.25) is 5.02 Å². The zero-order valence-corrected chi connectivity index (χ0v) is 19.2. The molecule has 1 heterocycles. The molecule has 3 aromatic rings. The number of benzene rings is 3. The molecule has 0 saturated carbocycles. The number of nitrogens with zero attached hydrogens (tertiary/aromatic N) is 2. The topological polar surface area (TPSA) is 64.7 Å². The molecule has 0 aromatic heterocycles. The molecule has 1 saturated heterocycles. The molecule has 4 rings (SSSR count). The summed E-state index contributed by atoms with van der Waals surface area (Å²) in [7, 11) is 0. The summed E-state index contributed by atoms with van der Waals surface area (Å²) in [4.78, 5) is 28.6. The molecule has 0 unspecified atom stereocenters. The van der Waals surface area contributed by atoms with E-state index in [1.54, 1.807) is 59.5 Å². The van der Waals surface area contributed by atoms with Gasteiger partial charge in [-0.3, -0.25) is 4.90 Å². The van der Waals surface area contributed by atoms with E-state index in [0.717, 1.165) is 12.1 Å². The molecule has 1 aliphatic rings. The Hall–Kier alpha value is -3.72. The number of alkyl halides is 3. The molecule has 0 radical (unpaired) electrons. The Kier molecular flexibility index (Phi) is 7.16. The summed E-state index contributed by atoms with van der Waals surface area (Å²) in [6.07, 6.45) is -3.79. The van der Waals surface area contributed by atoms with E-state index in [1.165, 1.54) is 11.0 Å². The Labute approximate surface area is 205 Å². The summed E-state index contributed by atoms with van der Waals surface area (Å²) < 4.78 is 39.1. The van der Waals surface area contributed by atoms with Crippen molar-refractivity contribution in [3.05, 3.63) is 88.9 Å². The highest BCUT2D eigenvalue weighted by atomic mass is 35.5. The van der Waals surface area contributed by atoms with E-state index in [1.807, 2.05) is 0 Å². The average molecular weight is 503 g/mol. The van der Waals surface area contributed by atoms with Gasteiger partial charge in [-0.25, -0.2) is 9.59 Å². The van der Waals surface area contributed by atoms with E-state index in [2.05, 4.69) is 10.6 Å². The van der Waals surface area contributed by atoms with Gasteiger partial charge in [-0.05, 0) is 60.5 Å². The van der Waals surface area contributed by atoms with Crippen molar-refractivity contribution < 1.29 is 22.8 Å². The fraction of sp³-hybridized carbons (Fsp3) is 0.200. The maximum atomic E-state index is 13.1. The first-order valence-electron chi connectivity index (χ1n) is 10.9. The molecule has 0 spiro atoms. The molecular formula is C25H22ClF3N4O2. The zero-order chi connectivity index (χ0) is 25.0. The van der Waals surface area contributed by atoms with E-state index in [4.69, 9.17) is 11.6 Å². The van der Waals surface area contributed by atoms with Crippen LogP contribution in [0.25, 0.3) is 0 Å². The lowest BCUT2D eigenvalue weighted by Gasteiger charge is -2.36. The average Bonchev–Trinajstić information content (AvgIpc) is 2.80. The van der Waals surface area contributed by atoms with Crippen molar-refractivity contribution in [2.45, 2.75) is 19.1 Å². The molecule has 1 fully saturated rings. The number of amides is 4. The smallest absolute Gasteiger partial charge is 0.320 e. The van der Waals surface area contributed by atoms with Crippen molar-refractivity contribution in [2.24, 2.45) is 0 Å². The molecule has 35 heavy (non-hydrogen) atoms. The Morgan fingerprint density at radius 3 is 2.31 bits per heavy atom. The molecular weight excluding hydrogens is 481 g/mol. The highest BCUT2D eigenvalue weighted by molar-refractivity contribution is 6.30. The first kappa shape index (κ1) is 24.4. The third kappa shape index (κ3) is 6.24. The number of anilines is 3. The summed E-state index contributed by atoms with van der Waals surface area (Å²) in [5.74, 6) is 0. The minimum atomic E-state index is -4.44. The number of rotatable bonds is 5. The molecule has 2 N–H and O–H groups in total. The van der Waals surface area contributed by atoms with Crippen molar-refractivity contribution in [1.82, 2.24) is 4.90 Å². The Morgan fingerprint density at radius 2 is 1.60 bits per heavy atom. The molecule has 3 aromatic carbocycles. The summed E-state index contributed by atoms with van der Waals surface area (Å²) in [6.45, 7) is 0.959. The highest BCUT2D eigenvalue weighted by Crippen LogP contribution is 2.30. The second kappa shape index (κ2) is 10.3. The van der Waals surface area contributed by atoms with Crippen LogP contribution in [0.3, 0.4) is 0 Å². The van der Waals surface area contributed by atoms with Gasteiger partial charge < -0.3 is 15.5 Å². The predicted octanol–water partition coefficient (Wildman–Crippen LogP) is 6.84. The SMILES string of the molecule is O=C(Nc1cccc(Cl)c1)Nc1cccc(N2CCCN(Cc3cccc(C(F)(F)F)c3)C2=O)c1. The van der Waals surface area contributed by atoms with E-state index in [0.29, 0.717) is 47.2 Å². The fourth-order valence-electron chi connectivity index (χ4n) is 3.85. The van der Waals surface area contributed by atoms with Crippen LogP contribution in [0.1, 0.15) is 17.5 Å². The number of nitrogens with one attached hydrogen (secondary N) is 2. The molecule has 182 valence electrons. The van der Waals surface area contributed by atoms with Crippen molar-refractivity contribution in [3.63, 3.8) is 0 Å². The Bertz CT molecular complexity index is 1240. The quantitative estimate of drug-likeness (QED) is 0.401. The van der Waals surface area contributed by atoms with Gasteiger partial charge in [0.1, 0.15) is 0 Å². The van der Waals surface area contributed by atoms with Gasteiger partial charge >= 0.3 is 18.2 Å². The zero-order valence-electron chi connectivity index (χ0n) is 18.5. The van der Waals surface area contributed by atoms with Crippen LogP contribution >= 0.6 is 11.6 Å². The number of urea groups is 2. The molecule has 6 nitrogen and oxygen atoms in total. The van der Waals surface area contributed by atoms with Gasteiger partial charge in [-0.2, -0.15) is 13.2 Å². The van der Waals surface area contributed by atoms with Crippen LogP contribution in [0.4, 0.5) is 39.8 Å². The van der Waals surface area contributed by atoms with Crippen LogP contribution in [-0.2, 0) is 12.7 Å². The first-order chi connectivity index (χ1) is 16.7. The molecule has 4 amide bonds. The number of hydrogen-bond acceptors (Lipinski definition) is 2. The summed E-state index contributed by atoms with van der Waals surface area (Å²) in [5.41, 5.74) is 1.24. The summed E-state index contributed by atoms with van der Waals surface area (Å²) >= 11 is 5.94. The van der Waals surface area contributed by atoms with Gasteiger partial charge in [-0.1, -0.05) is 35.9 Å². The van der Waals surface area contributed by atoms with Gasteiger partial charge in [0.05, 0.1) is 5.56 Å². The lowest BCUT2D eigenvalue weighted by molar-refractivity contribution is -0.137. The van der Waals surface area contributed by atoms with Gasteiger partial charge in [0.2, 0.25) is 0 Å². The molecule has 10 heteroatoms. The Balaban J connectivity index is 1.44. The monoisotopic (exact) mass is 502 g/mol. The molecule has 0 atom stereocenters. The van der Waals surface area contributed by atoms with Crippen LogP contribution in [0.5, 0.6) is 0 Å². The van der Waals surface area contributed by atoms with Gasteiger partial charge in [0, 0.05) is 41.7 Å². The van der Waals surface area contributed by atoms with E-state index in [9.17, 15) is 22.8 Å². The van der Waals surface area contributed by atoms with Gasteiger partial charge in [0.25, 0.3) is 0 Å². The number of hydrogen-bond donors (Lipinski definition) is 2. The van der Waals surface area contributed by atoms with Crippen LogP contribution < -0.4 is 15.5 Å². The van der Waals surface area contributed by atoms with Crippen LogP contribution in [0.15, 0.2) is 72.8 Å². The van der Waals surface area contributed by atoms with Crippen molar-refractivity contribution in [1.29, 1.82) is 0 Å². The van der Waals surface area contributed by atoms with Crippen molar-refractivity contribution in [2.75, 3.05) is 28.6 Å². The molecule has 0 bridgehead atoms.